The number of alkyl halides is 2. The molecule has 90 valence electrons. The molecule has 0 atom stereocenters. The molecule has 0 radical (unpaired) electrons. The highest BCUT2D eigenvalue weighted by atomic mass is 35.5. The second kappa shape index (κ2) is 4.19. The van der Waals surface area contributed by atoms with Gasteiger partial charge in [-0.25, -0.2) is 4.39 Å². The quantitative estimate of drug-likeness (QED) is 0.789. The van der Waals surface area contributed by atoms with Crippen molar-refractivity contribution in [3.63, 3.8) is 0 Å². The molecule has 1 aromatic carbocycles. The Labute approximate surface area is 103 Å². The molecule has 17 heavy (non-hydrogen) atoms. The number of rotatable bonds is 2. The van der Waals surface area contributed by atoms with Gasteiger partial charge in [-0.15, -0.1) is 0 Å². The van der Waals surface area contributed by atoms with Gasteiger partial charge in [0.1, 0.15) is 0 Å². The van der Waals surface area contributed by atoms with Gasteiger partial charge in [-0.2, -0.15) is 13.8 Å². The molecule has 2 aromatic rings. The fourth-order valence-corrected chi connectivity index (χ4v) is 1.66. The minimum atomic E-state index is -3.56. The van der Waals surface area contributed by atoms with Crippen LogP contribution in [0, 0.1) is 5.82 Å². The second-order valence-electron chi connectivity index (χ2n) is 3.08. The fourth-order valence-electron chi connectivity index (χ4n) is 1.17. The van der Waals surface area contributed by atoms with Crippen LogP contribution in [-0.4, -0.2) is 10.1 Å². The molecule has 0 aliphatic rings. The molecular formula is C9H3Cl2F3N2O. The highest BCUT2D eigenvalue weighted by molar-refractivity contribution is 6.35. The molecular weight excluding hydrogens is 280 g/mol. The summed E-state index contributed by atoms with van der Waals surface area (Å²) in [7, 11) is 0. The SMILES string of the molecule is Fc1c(Cl)cc(C(F)(F)c2ncon2)cc1Cl. The maximum absolute atomic E-state index is 13.8. The van der Waals surface area contributed by atoms with E-state index in [1.54, 1.807) is 0 Å². The average molecular weight is 283 g/mol. The third-order valence-electron chi connectivity index (χ3n) is 1.99. The Morgan fingerprint density at radius 2 is 1.76 bits per heavy atom. The van der Waals surface area contributed by atoms with E-state index < -0.39 is 33.2 Å². The van der Waals surface area contributed by atoms with Crippen molar-refractivity contribution in [1.82, 2.24) is 10.1 Å². The molecule has 0 fully saturated rings. The summed E-state index contributed by atoms with van der Waals surface area (Å²) in [5.41, 5.74) is -0.615. The fraction of sp³-hybridized carbons (Fsp3) is 0.111. The van der Waals surface area contributed by atoms with Gasteiger partial charge >= 0.3 is 5.92 Å². The Bertz CT molecular complexity index is 522. The van der Waals surface area contributed by atoms with E-state index in [0.29, 0.717) is 0 Å². The molecule has 0 aliphatic carbocycles. The largest absolute Gasteiger partial charge is 0.343 e. The van der Waals surface area contributed by atoms with Crippen LogP contribution in [0.4, 0.5) is 13.2 Å². The predicted octanol–water partition coefficient (Wildman–Crippen LogP) is 3.66. The van der Waals surface area contributed by atoms with Crippen LogP contribution in [0.5, 0.6) is 0 Å². The smallest absolute Gasteiger partial charge is 0.335 e. The molecule has 0 amide bonds. The highest BCUT2D eigenvalue weighted by Gasteiger charge is 2.39. The van der Waals surface area contributed by atoms with Gasteiger partial charge in [-0.3, -0.25) is 0 Å². The van der Waals surface area contributed by atoms with Crippen LogP contribution in [-0.2, 0) is 5.92 Å². The first kappa shape index (κ1) is 12.2. The van der Waals surface area contributed by atoms with Gasteiger partial charge in [0.15, 0.2) is 5.82 Å². The van der Waals surface area contributed by atoms with E-state index >= 15 is 0 Å². The van der Waals surface area contributed by atoms with Crippen molar-refractivity contribution in [2.24, 2.45) is 0 Å². The Morgan fingerprint density at radius 3 is 2.24 bits per heavy atom. The maximum atomic E-state index is 13.8. The summed E-state index contributed by atoms with van der Waals surface area (Å²) in [6.07, 6.45) is 0.760. The number of hydrogen-bond acceptors (Lipinski definition) is 3. The van der Waals surface area contributed by atoms with E-state index in [2.05, 4.69) is 14.7 Å². The van der Waals surface area contributed by atoms with E-state index in [0.717, 1.165) is 18.5 Å². The Morgan fingerprint density at radius 1 is 1.18 bits per heavy atom. The number of aromatic nitrogens is 2. The summed E-state index contributed by atoms with van der Waals surface area (Å²) >= 11 is 10.9. The van der Waals surface area contributed by atoms with Crippen LogP contribution in [0.15, 0.2) is 23.0 Å². The zero-order chi connectivity index (χ0) is 12.6. The summed E-state index contributed by atoms with van der Waals surface area (Å²) in [4.78, 5) is 3.24. The van der Waals surface area contributed by atoms with E-state index in [-0.39, 0.29) is 0 Å². The molecule has 0 N–H and O–H groups in total. The van der Waals surface area contributed by atoms with Crippen molar-refractivity contribution in [3.05, 3.63) is 45.8 Å². The third kappa shape index (κ3) is 2.10. The lowest BCUT2D eigenvalue weighted by atomic mass is 10.1. The number of hydrogen-bond donors (Lipinski definition) is 0. The summed E-state index contributed by atoms with van der Waals surface area (Å²) in [5, 5.41) is 2.02. The van der Waals surface area contributed by atoms with Gasteiger partial charge in [0, 0.05) is 5.56 Å². The van der Waals surface area contributed by atoms with Crippen LogP contribution < -0.4 is 0 Å². The van der Waals surface area contributed by atoms with E-state index in [1.807, 2.05) is 0 Å². The topological polar surface area (TPSA) is 38.9 Å². The van der Waals surface area contributed by atoms with Crippen molar-refractivity contribution < 1.29 is 17.7 Å². The van der Waals surface area contributed by atoms with E-state index in [4.69, 9.17) is 23.2 Å². The van der Waals surface area contributed by atoms with Gasteiger partial charge < -0.3 is 4.52 Å². The van der Waals surface area contributed by atoms with Crippen LogP contribution in [0.25, 0.3) is 0 Å². The van der Waals surface area contributed by atoms with E-state index in [9.17, 15) is 13.2 Å². The normalized spacial score (nSPS) is 11.8. The molecule has 0 unspecified atom stereocenters. The van der Waals surface area contributed by atoms with Crippen LogP contribution in [0.1, 0.15) is 11.4 Å². The molecule has 0 bridgehead atoms. The molecule has 1 heterocycles. The lowest BCUT2D eigenvalue weighted by Crippen LogP contribution is -2.17. The standard InChI is InChI=1S/C9H3Cl2F3N2O/c10-5-1-4(2-6(11)7(5)12)9(13,14)8-15-3-17-16-8/h1-3H. The molecule has 1 aromatic heterocycles. The van der Waals surface area contributed by atoms with Crippen molar-refractivity contribution >= 4 is 23.2 Å². The lowest BCUT2D eigenvalue weighted by Gasteiger charge is -2.13. The number of halogens is 5. The molecule has 2 rings (SSSR count). The first-order valence-electron chi connectivity index (χ1n) is 4.22. The summed E-state index contributed by atoms with van der Waals surface area (Å²) in [6.45, 7) is 0. The zero-order valence-corrected chi connectivity index (χ0v) is 9.44. The molecule has 3 nitrogen and oxygen atoms in total. The lowest BCUT2D eigenvalue weighted by molar-refractivity contribution is 0.0304. The van der Waals surface area contributed by atoms with Gasteiger partial charge in [-0.1, -0.05) is 28.4 Å². The second-order valence-corrected chi connectivity index (χ2v) is 3.90. The molecule has 8 heteroatoms. The van der Waals surface area contributed by atoms with Crippen LogP contribution >= 0.6 is 23.2 Å². The average Bonchev–Trinajstić information content (AvgIpc) is 2.79. The maximum Gasteiger partial charge on any atom is 0.335 e. The molecule has 0 spiro atoms. The molecule has 0 saturated carbocycles. The van der Waals surface area contributed by atoms with Crippen molar-refractivity contribution in [2.75, 3.05) is 0 Å². The highest BCUT2D eigenvalue weighted by Crippen LogP contribution is 2.37. The Hall–Kier alpha value is -1.27. The van der Waals surface area contributed by atoms with Gasteiger partial charge in [0.05, 0.1) is 10.0 Å². The summed E-state index contributed by atoms with van der Waals surface area (Å²) in [6, 6.07) is 1.53. The van der Waals surface area contributed by atoms with Gasteiger partial charge in [0.2, 0.25) is 12.2 Å². The number of nitrogens with zero attached hydrogens (tertiary/aromatic N) is 2. The van der Waals surface area contributed by atoms with Gasteiger partial charge in [0.25, 0.3) is 0 Å². The predicted molar refractivity (Wildman–Crippen MR) is 53.7 cm³/mol. The van der Waals surface area contributed by atoms with Crippen molar-refractivity contribution in [3.8, 4) is 0 Å². The van der Waals surface area contributed by atoms with Crippen LogP contribution in [0.3, 0.4) is 0 Å². The van der Waals surface area contributed by atoms with Crippen molar-refractivity contribution in [2.45, 2.75) is 5.92 Å². The number of benzene rings is 1. The Kier molecular flexibility index (Phi) is 3.01. The molecule has 0 aliphatic heterocycles. The minimum absolute atomic E-state index is 0.504. The van der Waals surface area contributed by atoms with Gasteiger partial charge in [-0.05, 0) is 12.1 Å². The van der Waals surface area contributed by atoms with E-state index in [1.165, 1.54) is 0 Å². The van der Waals surface area contributed by atoms with Crippen LogP contribution in [0.2, 0.25) is 10.0 Å². The zero-order valence-electron chi connectivity index (χ0n) is 7.92. The minimum Gasteiger partial charge on any atom is -0.343 e. The third-order valence-corrected chi connectivity index (χ3v) is 2.54. The first-order chi connectivity index (χ1) is 7.93. The monoisotopic (exact) mass is 282 g/mol. The summed E-state index contributed by atoms with van der Waals surface area (Å²) in [5.74, 6) is -5.37. The summed E-state index contributed by atoms with van der Waals surface area (Å²) < 4.78 is 44.9. The Balaban J connectivity index is 2.54. The molecule has 0 saturated heterocycles. The first-order valence-corrected chi connectivity index (χ1v) is 4.98. The van der Waals surface area contributed by atoms with Crippen molar-refractivity contribution in [1.29, 1.82) is 0 Å².